The van der Waals surface area contributed by atoms with Gasteiger partial charge in [0.25, 0.3) is 5.91 Å². The molecule has 0 radical (unpaired) electrons. The maximum atomic E-state index is 11.9. The fraction of sp³-hybridized carbons (Fsp3) is 0.167. The van der Waals surface area contributed by atoms with Crippen molar-refractivity contribution < 1.29 is 14.6 Å². The van der Waals surface area contributed by atoms with E-state index < -0.39 is 5.91 Å². The Labute approximate surface area is 104 Å². The first-order valence-electron chi connectivity index (χ1n) is 5.28. The van der Waals surface area contributed by atoms with Crippen molar-refractivity contribution in [1.82, 2.24) is 9.78 Å². The Kier molecular flexibility index (Phi) is 3.18. The highest BCUT2D eigenvalue weighted by atomic mass is 16.5. The number of nitrogens with one attached hydrogen (secondary N) is 1. The summed E-state index contributed by atoms with van der Waals surface area (Å²) >= 11 is 0. The SMILES string of the molecule is COc1cccc(C(=O)Nc2cnn(C)c2)c1O. The smallest absolute Gasteiger partial charge is 0.259 e. The second-order valence-corrected chi connectivity index (χ2v) is 3.71. The molecule has 0 atom stereocenters. The highest BCUT2D eigenvalue weighted by Crippen LogP contribution is 2.29. The zero-order chi connectivity index (χ0) is 13.1. The molecule has 2 N–H and O–H groups in total. The van der Waals surface area contributed by atoms with E-state index in [1.165, 1.54) is 19.4 Å². The number of para-hydroxylation sites is 1. The third-order valence-electron chi connectivity index (χ3n) is 2.43. The van der Waals surface area contributed by atoms with E-state index in [0.29, 0.717) is 5.69 Å². The number of nitrogens with zero attached hydrogens (tertiary/aromatic N) is 2. The number of aromatic hydroxyl groups is 1. The molecule has 6 heteroatoms. The van der Waals surface area contributed by atoms with Crippen LogP contribution in [0.2, 0.25) is 0 Å². The molecular weight excluding hydrogens is 234 g/mol. The second-order valence-electron chi connectivity index (χ2n) is 3.71. The van der Waals surface area contributed by atoms with Crippen LogP contribution < -0.4 is 10.1 Å². The number of aromatic nitrogens is 2. The number of carbonyl (C=O) groups excluding carboxylic acids is 1. The minimum Gasteiger partial charge on any atom is -0.504 e. The molecule has 0 aliphatic heterocycles. The lowest BCUT2D eigenvalue weighted by atomic mass is 10.1. The van der Waals surface area contributed by atoms with Crippen molar-refractivity contribution in [3.05, 3.63) is 36.2 Å². The van der Waals surface area contributed by atoms with E-state index in [9.17, 15) is 9.90 Å². The van der Waals surface area contributed by atoms with E-state index in [1.54, 1.807) is 30.1 Å². The van der Waals surface area contributed by atoms with E-state index >= 15 is 0 Å². The van der Waals surface area contributed by atoms with Crippen LogP contribution in [0.4, 0.5) is 5.69 Å². The Bertz CT molecular complexity index is 578. The standard InChI is InChI=1S/C12H13N3O3/c1-15-7-8(6-13-15)14-12(17)9-4-3-5-10(18-2)11(9)16/h3-7,16H,1-2H3,(H,14,17). The van der Waals surface area contributed by atoms with Gasteiger partial charge in [0, 0.05) is 13.2 Å². The summed E-state index contributed by atoms with van der Waals surface area (Å²) in [7, 11) is 3.18. The molecule has 1 heterocycles. The third-order valence-corrected chi connectivity index (χ3v) is 2.43. The van der Waals surface area contributed by atoms with Crippen LogP contribution in [0.1, 0.15) is 10.4 Å². The zero-order valence-electron chi connectivity index (χ0n) is 10.0. The summed E-state index contributed by atoms with van der Waals surface area (Å²) in [6, 6.07) is 4.73. The first-order chi connectivity index (χ1) is 8.61. The largest absolute Gasteiger partial charge is 0.504 e. The van der Waals surface area contributed by atoms with Crippen molar-refractivity contribution in [3.8, 4) is 11.5 Å². The Morgan fingerprint density at radius 2 is 2.28 bits per heavy atom. The van der Waals surface area contributed by atoms with Gasteiger partial charge < -0.3 is 15.2 Å². The number of carbonyl (C=O) groups is 1. The third kappa shape index (κ3) is 2.27. The summed E-state index contributed by atoms with van der Waals surface area (Å²) in [5.74, 6) is -0.338. The lowest BCUT2D eigenvalue weighted by molar-refractivity contribution is 0.102. The van der Waals surface area contributed by atoms with Crippen LogP contribution in [0.15, 0.2) is 30.6 Å². The molecule has 1 aromatic heterocycles. The Morgan fingerprint density at radius 1 is 1.50 bits per heavy atom. The van der Waals surface area contributed by atoms with Gasteiger partial charge in [-0.05, 0) is 12.1 Å². The van der Waals surface area contributed by atoms with Crippen LogP contribution in [-0.2, 0) is 7.05 Å². The van der Waals surface area contributed by atoms with E-state index in [-0.39, 0.29) is 17.1 Å². The number of methoxy groups -OCH3 is 1. The fourth-order valence-electron chi connectivity index (χ4n) is 1.55. The van der Waals surface area contributed by atoms with Gasteiger partial charge in [0.2, 0.25) is 0 Å². The van der Waals surface area contributed by atoms with Crippen LogP contribution in [0, 0.1) is 0 Å². The number of ether oxygens (including phenoxy) is 1. The summed E-state index contributed by atoms with van der Waals surface area (Å²) in [4.78, 5) is 11.9. The number of benzene rings is 1. The minimum atomic E-state index is -0.417. The van der Waals surface area contributed by atoms with E-state index in [4.69, 9.17) is 4.74 Å². The van der Waals surface area contributed by atoms with Gasteiger partial charge in [0.1, 0.15) is 0 Å². The lowest BCUT2D eigenvalue weighted by Crippen LogP contribution is -2.11. The molecule has 0 unspecified atom stereocenters. The van der Waals surface area contributed by atoms with Gasteiger partial charge in [-0.25, -0.2) is 0 Å². The highest BCUT2D eigenvalue weighted by molar-refractivity contribution is 6.06. The normalized spacial score (nSPS) is 10.1. The highest BCUT2D eigenvalue weighted by Gasteiger charge is 2.15. The molecule has 2 rings (SSSR count). The average molecular weight is 247 g/mol. The van der Waals surface area contributed by atoms with Crippen LogP contribution in [0.5, 0.6) is 11.5 Å². The first-order valence-corrected chi connectivity index (χ1v) is 5.28. The Balaban J connectivity index is 2.24. The molecule has 6 nitrogen and oxygen atoms in total. The summed E-state index contributed by atoms with van der Waals surface area (Å²) in [6.45, 7) is 0. The van der Waals surface area contributed by atoms with Crippen molar-refractivity contribution in [1.29, 1.82) is 0 Å². The molecular formula is C12H13N3O3. The molecule has 1 amide bonds. The van der Waals surface area contributed by atoms with Gasteiger partial charge in [-0.1, -0.05) is 6.07 Å². The van der Waals surface area contributed by atoms with Gasteiger partial charge in [-0.15, -0.1) is 0 Å². The Morgan fingerprint density at radius 3 is 2.89 bits per heavy atom. The average Bonchev–Trinajstić information content (AvgIpc) is 2.75. The van der Waals surface area contributed by atoms with Crippen molar-refractivity contribution in [2.75, 3.05) is 12.4 Å². The molecule has 0 fully saturated rings. The number of phenols is 1. The Hall–Kier alpha value is -2.50. The van der Waals surface area contributed by atoms with Crippen LogP contribution in [0.25, 0.3) is 0 Å². The second kappa shape index (κ2) is 4.79. The summed E-state index contributed by atoms with van der Waals surface area (Å²) < 4.78 is 6.51. The number of anilines is 1. The zero-order valence-corrected chi connectivity index (χ0v) is 10.0. The van der Waals surface area contributed by atoms with Crippen molar-refractivity contribution in [3.63, 3.8) is 0 Å². The van der Waals surface area contributed by atoms with Crippen molar-refractivity contribution in [2.24, 2.45) is 7.05 Å². The van der Waals surface area contributed by atoms with Crippen molar-refractivity contribution >= 4 is 11.6 Å². The monoisotopic (exact) mass is 247 g/mol. The molecule has 0 aliphatic rings. The van der Waals surface area contributed by atoms with E-state index in [1.807, 2.05) is 0 Å². The molecule has 2 aromatic rings. The number of phenolic OH excluding ortho intramolecular Hbond substituents is 1. The summed E-state index contributed by atoms with van der Waals surface area (Å²) in [5.41, 5.74) is 0.711. The molecule has 0 bridgehead atoms. The number of aryl methyl sites for hydroxylation is 1. The summed E-state index contributed by atoms with van der Waals surface area (Å²) in [6.07, 6.45) is 3.18. The van der Waals surface area contributed by atoms with Crippen LogP contribution in [0.3, 0.4) is 0 Å². The topological polar surface area (TPSA) is 76.4 Å². The predicted octanol–water partition coefficient (Wildman–Crippen LogP) is 1.39. The number of rotatable bonds is 3. The van der Waals surface area contributed by atoms with Gasteiger partial charge in [0.05, 0.1) is 24.6 Å². The van der Waals surface area contributed by atoms with Crippen LogP contribution in [-0.4, -0.2) is 27.9 Å². The molecule has 0 saturated carbocycles. The van der Waals surface area contributed by atoms with Gasteiger partial charge in [0.15, 0.2) is 11.5 Å². The number of hydrogen-bond donors (Lipinski definition) is 2. The number of hydrogen-bond acceptors (Lipinski definition) is 4. The molecule has 0 spiro atoms. The van der Waals surface area contributed by atoms with Gasteiger partial charge in [-0.3, -0.25) is 9.48 Å². The van der Waals surface area contributed by atoms with E-state index in [2.05, 4.69) is 10.4 Å². The van der Waals surface area contributed by atoms with E-state index in [0.717, 1.165) is 0 Å². The number of amides is 1. The lowest BCUT2D eigenvalue weighted by Gasteiger charge is -2.08. The first kappa shape index (κ1) is 12.0. The van der Waals surface area contributed by atoms with Gasteiger partial charge in [-0.2, -0.15) is 5.10 Å². The van der Waals surface area contributed by atoms with Crippen LogP contribution >= 0.6 is 0 Å². The molecule has 1 aromatic carbocycles. The molecule has 94 valence electrons. The maximum Gasteiger partial charge on any atom is 0.259 e. The quantitative estimate of drug-likeness (QED) is 0.859. The van der Waals surface area contributed by atoms with Gasteiger partial charge >= 0.3 is 0 Å². The molecule has 18 heavy (non-hydrogen) atoms. The van der Waals surface area contributed by atoms with Crippen molar-refractivity contribution in [2.45, 2.75) is 0 Å². The summed E-state index contributed by atoms with van der Waals surface area (Å²) in [5, 5.41) is 16.4. The minimum absolute atomic E-state index is 0.151. The predicted molar refractivity (Wildman–Crippen MR) is 65.8 cm³/mol. The molecule has 0 aliphatic carbocycles. The maximum absolute atomic E-state index is 11.9. The fourth-order valence-corrected chi connectivity index (χ4v) is 1.55. The molecule has 0 saturated heterocycles.